The smallest absolute Gasteiger partial charge is 0.334 e. The van der Waals surface area contributed by atoms with E-state index in [9.17, 15) is 26.7 Å². The van der Waals surface area contributed by atoms with Gasteiger partial charge in [-0.15, -0.1) is 0 Å². The Bertz CT molecular complexity index is 540. The van der Waals surface area contributed by atoms with Crippen LogP contribution in [0.1, 0.15) is 36.8 Å². The average Bonchev–Trinajstić information content (AvgIpc) is 2.39. The minimum atomic E-state index is -4.50. The molecule has 0 saturated heterocycles. The van der Waals surface area contributed by atoms with Crippen molar-refractivity contribution in [2.45, 2.75) is 43.9 Å². The minimum Gasteiger partial charge on any atom is -0.334 e. The molecule has 8 heteroatoms. The second-order valence-corrected chi connectivity index (χ2v) is 5.29. The maximum Gasteiger partial charge on any atom is 0.411 e. The van der Waals surface area contributed by atoms with Gasteiger partial charge >= 0.3 is 12.2 Å². The molecular formula is C14H15F5N2O. The lowest BCUT2D eigenvalue weighted by molar-refractivity contribution is -0.214. The van der Waals surface area contributed by atoms with E-state index in [2.05, 4.69) is 5.32 Å². The van der Waals surface area contributed by atoms with E-state index in [0.717, 1.165) is 0 Å². The van der Waals surface area contributed by atoms with Gasteiger partial charge in [-0.05, 0) is 30.9 Å². The van der Waals surface area contributed by atoms with Gasteiger partial charge in [0.2, 0.25) is 0 Å². The van der Waals surface area contributed by atoms with Crippen LogP contribution in [0.5, 0.6) is 0 Å². The van der Waals surface area contributed by atoms with Gasteiger partial charge < -0.3 is 10.6 Å². The van der Waals surface area contributed by atoms with Gasteiger partial charge in [-0.25, -0.2) is 13.6 Å². The lowest BCUT2D eigenvalue weighted by atomic mass is 9.76. The first kappa shape index (κ1) is 16.5. The highest BCUT2D eigenvalue weighted by Gasteiger charge is 2.59. The number of urea groups is 1. The predicted octanol–water partition coefficient (Wildman–Crippen LogP) is 3.91. The summed E-state index contributed by atoms with van der Waals surface area (Å²) >= 11 is 0. The molecule has 1 saturated carbocycles. The van der Waals surface area contributed by atoms with Crippen molar-refractivity contribution < 1.29 is 26.7 Å². The number of nitrogens with one attached hydrogen (secondary N) is 2. The summed E-state index contributed by atoms with van der Waals surface area (Å²) in [7, 11) is 0. The Hall–Kier alpha value is -1.86. The zero-order valence-electron chi connectivity index (χ0n) is 11.5. The van der Waals surface area contributed by atoms with Crippen molar-refractivity contribution in [2.24, 2.45) is 0 Å². The number of amides is 2. The van der Waals surface area contributed by atoms with Crippen LogP contribution in [0.2, 0.25) is 0 Å². The fourth-order valence-corrected chi connectivity index (χ4v) is 2.29. The highest BCUT2D eigenvalue weighted by Crippen LogP contribution is 2.45. The molecule has 2 rings (SSSR count). The SMILES string of the molecule is O=C(NCc1cccc(C(F)F)c1)NC1(C(F)(F)F)CCC1. The second-order valence-electron chi connectivity index (χ2n) is 5.29. The Morgan fingerprint density at radius 3 is 2.45 bits per heavy atom. The van der Waals surface area contributed by atoms with Crippen LogP contribution in [-0.2, 0) is 6.54 Å². The van der Waals surface area contributed by atoms with E-state index in [1.807, 2.05) is 5.32 Å². The highest BCUT2D eigenvalue weighted by molar-refractivity contribution is 5.75. The van der Waals surface area contributed by atoms with Crippen molar-refractivity contribution in [3.8, 4) is 0 Å². The third kappa shape index (κ3) is 3.48. The molecule has 0 unspecified atom stereocenters. The molecule has 0 atom stereocenters. The monoisotopic (exact) mass is 322 g/mol. The van der Waals surface area contributed by atoms with Gasteiger partial charge in [0.25, 0.3) is 6.43 Å². The first-order valence-electron chi connectivity index (χ1n) is 6.73. The van der Waals surface area contributed by atoms with E-state index in [-0.39, 0.29) is 24.9 Å². The van der Waals surface area contributed by atoms with Crippen LogP contribution >= 0.6 is 0 Å². The summed E-state index contributed by atoms with van der Waals surface area (Å²) in [5.41, 5.74) is -1.98. The van der Waals surface area contributed by atoms with Crippen molar-refractivity contribution in [3.63, 3.8) is 0 Å². The molecule has 22 heavy (non-hydrogen) atoms. The van der Waals surface area contributed by atoms with Crippen molar-refractivity contribution in [1.29, 1.82) is 0 Å². The molecule has 0 aromatic heterocycles. The van der Waals surface area contributed by atoms with Gasteiger partial charge in [-0.1, -0.05) is 18.2 Å². The van der Waals surface area contributed by atoms with Crippen LogP contribution in [0, 0.1) is 0 Å². The topological polar surface area (TPSA) is 41.1 Å². The van der Waals surface area contributed by atoms with Gasteiger partial charge in [0, 0.05) is 12.1 Å². The molecule has 3 nitrogen and oxygen atoms in total. The summed E-state index contributed by atoms with van der Waals surface area (Å²) in [6.07, 6.45) is -7.04. The molecule has 0 heterocycles. The fraction of sp³-hybridized carbons (Fsp3) is 0.500. The molecule has 0 aliphatic heterocycles. The molecule has 1 aromatic carbocycles. The Morgan fingerprint density at radius 2 is 1.95 bits per heavy atom. The molecule has 0 radical (unpaired) electrons. The summed E-state index contributed by atoms with van der Waals surface area (Å²) in [4.78, 5) is 11.6. The fourth-order valence-electron chi connectivity index (χ4n) is 2.29. The van der Waals surface area contributed by atoms with Gasteiger partial charge in [0.05, 0.1) is 0 Å². The second kappa shape index (κ2) is 6.10. The number of hydrogen-bond acceptors (Lipinski definition) is 1. The molecule has 1 aliphatic carbocycles. The van der Waals surface area contributed by atoms with Crippen LogP contribution in [0.25, 0.3) is 0 Å². The van der Waals surface area contributed by atoms with Crippen molar-refractivity contribution in [3.05, 3.63) is 35.4 Å². The van der Waals surface area contributed by atoms with Crippen LogP contribution in [0.15, 0.2) is 24.3 Å². The predicted molar refractivity (Wildman–Crippen MR) is 69.4 cm³/mol. The number of halogens is 5. The number of rotatable bonds is 4. The number of alkyl halides is 5. The zero-order chi connectivity index (χ0) is 16.4. The largest absolute Gasteiger partial charge is 0.411 e. The van der Waals surface area contributed by atoms with Crippen LogP contribution < -0.4 is 10.6 Å². The Labute approximate surface area is 123 Å². The van der Waals surface area contributed by atoms with Gasteiger partial charge in [-0.3, -0.25) is 0 Å². The average molecular weight is 322 g/mol. The Morgan fingerprint density at radius 1 is 1.27 bits per heavy atom. The molecule has 122 valence electrons. The minimum absolute atomic E-state index is 0.125. The lowest BCUT2D eigenvalue weighted by Gasteiger charge is -2.43. The van der Waals surface area contributed by atoms with E-state index in [1.165, 1.54) is 24.3 Å². The van der Waals surface area contributed by atoms with E-state index < -0.39 is 24.2 Å². The zero-order valence-corrected chi connectivity index (χ0v) is 11.5. The van der Waals surface area contributed by atoms with Gasteiger partial charge in [-0.2, -0.15) is 13.2 Å². The summed E-state index contributed by atoms with van der Waals surface area (Å²) < 4.78 is 63.7. The van der Waals surface area contributed by atoms with E-state index in [4.69, 9.17) is 0 Å². The maximum atomic E-state index is 12.9. The quantitative estimate of drug-likeness (QED) is 0.811. The maximum absolute atomic E-state index is 12.9. The van der Waals surface area contributed by atoms with Crippen LogP contribution in [0.4, 0.5) is 26.7 Å². The van der Waals surface area contributed by atoms with E-state index in [1.54, 1.807) is 0 Å². The summed E-state index contributed by atoms with van der Waals surface area (Å²) in [5.74, 6) is 0. The van der Waals surface area contributed by atoms with E-state index >= 15 is 0 Å². The van der Waals surface area contributed by atoms with Gasteiger partial charge in [0.15, 0.2) is 0 Å². The highest BCUT2D eigenvalue weighted by atomic mass is 19.4. The molecule has 2 amide bonds. The van der Waals surface area contributed by atoms with Gasteiger partial charge in [0.1, 0.15) is 5.54 Å². The molecule has 1 aliphatic rings. The molecule has 0 bridgehead atoms. The van der Waals surface area contributed by atoms with Crippen LogP contribution in [0.3, 0.4) is 0 Å². The van der Waals surface area contributed by atoms with Crippen molar-refractivity contribution >= 4 is 6.03 Å². The first-order valence-corrected chi connectivity index (χ1v) is 6.73. The summed E-state index contributed by atoms with van der Waals surface area (Å²) in [6.45, 7) is -0.125. The van der Waals surface area contributed by atoms with Crippen molar-refractivity contribution in [1.82, 2.24) is 10.6 Å². The summed E-state index contributed by atoms with van der Waals surface area (Å²) in [6, 6.07) is 4.39. The van der Waals surface area contributed by atoms with E-state index in [0.29, 0.717) is 12.0 Å². The Balaban J connectivity index is 1.92. The number of hydrogen-bond donors (Lipinski definition) is 2. The lowest BCUT2D eigenvalue weighted by Crippen LogP contribution is -2.64. The first-order chi connectivity index (χ1) is 10.2. The molecule has 1 aromatic rings. The third-order valence-electron chi connectivity index (χ3n) is 3.76. The summed E-state index contributed by atoms with van der Waals surface area (Å²) in [5, 5.41) is 4.22. The number of benzene rings is 1. The molecular weight excluding hydrogens is 307 g/mol. The number of carbonyl (C=O) groups is 1. The molecule has 2 N–H and O–H groups in total. The third-order valence-corrected chi connectivity index (χ3v) is 3.76. The standard InChI is InChI=1S/C14H15F5N2O/c15-11(16)10-4-1-3-9(7-10)8-20-12(22)21-13(5-2-6-13)14(17,18)19/h1,3-4,7,11H,2,5-6,8H2,(H2,20,21,22). The normalized spacial score (nSPS) is 17.0. The molecule has 0 spiro atoms. The number of carbonyl (C=O) groups excluding carboxylic acids is 1. The van der Waals surface area contributed by atoms with Crippen LogP contribution in [-0.4, -0.2) is 17.7 Å². The Kier molecular flexibility index (Phi) is 4.58. The molecule has 1 fully saturated rings. The van der Waals surface area contributed by atoms with Crippen molar-refractivity contribution in [2.75, 3.05) is 0 Å².